The molecule has 0 bridgehead atoms. The average molecular weight is 289 g/mol. The van der Waals surface area contributed by atoms with Gasteiger partial charge in [0.25, 0.3) is 5.56 Å². The lowest BCUT2D eigenvalue weighted by molar-refractivity contribution is 0.729. The summed E-state index contributed by atoms with van der Waals surface area (Å²) in [4.78, 5) is 19.6. The van der Waals surface area contributed by atoms with E-state index in [1.54, 1.807) is 17.0 Å². The van der Waals surface area contributed by atoms with Gasteiger partial charge < -0.3 is 4.98 Å². The first-order chi connectivity index (χ1) is 9.16. The molecule has 0 amide bonds. The number of aryl methyl sites for hydroxylation is 1. The smallest absolute Gasteiger partial charge is 0.272 e. The summed E-state index contributed by atoms with van der Waals surface area (Å²) in [6, 6.07) is 3.80. The van der Waals surface area contributed by atoms with Crippen LogP contribution < -0.4 is 5.56 Å². The van der Waals surface area contributed by atoms with Gasteiger partial charge in [-0.25, -0.2) is 0 Å². The van der Waals surface area contributed by atoms with Crippen LogP contribution >= 0.6 is 23.6 Å². The molecule has 1 N–H and O–H groups in total. The highest BCUT2D eigenvalue weighted by atomic mass is 32.1. The maximum Gasteiger partial charge on any atom is 0.272 e. The standard InChI is InChI=1S/C13H11N3OS2/c1-8-2-4-14-6-9(8)7-16-12(17)11-10(3-5-19-11)15-13(16)18/h2-6H,7H2,1H3,(H,15,18). The number of hydrogen-bond donors (Lipinski definition) is 1. The summed E-state index contributed by atoms with van der Waals surface area (Å²) in [5.41, 5.74) is 2.86. The Kier molecular flexibility index (Phi) is 3.04. The molecule has 19 heavy (non-hydrogen) atoms. The van der Waals surface area contributed by atoms with Crippen LogP contribution in [0.1, 0.15) is 11.1 Å². The van der Waals surface area contributed by atoms with E-state index < -0.39 is 0 Å². The van der Waals surface area contributed by atoms with Crippen LogP contribution in [0.15, 0.2) is 34.7 Å². The zero-order valence-electron chi connectivity index (χ0n) is 10.2. The van der Waals surface area contributed by atoms with Gasteiger partial charge in [0.1, 0.15) is 4.70 Å². The van der Waals surface area contributed by atoms with Crippen molar-refractivity contribution in [3.8, 4) is 0 Å². The fraction of sp³-hybridized carbons (Fsp3) is 0.154. The number of aromatic nitrogens is 3. The molecule has 0 aliphatic heterocycles. The third-order valence-corrected chi connectivity index (χ3v) is 4.29. The van der Waals surface area contributed by atoms with Gasteiger partial charge >= 0.3 is 0 Å². The van der Waals surface area contributed by atoms with Gasteiger partial charge in [0.15, 0.2) is 4.77 Å². The average Bonchev–Trinajstić information content (AvgIpc) is 2.84. The molecule has 0 unspecified atom stereocenters. The van der Waals surface area contributed by atoms with Gasteiger partial charge in [-0.1, -0.05) is 0 Å². The molecule has 0 spiro atoms. The molecule has 0 aromatic carbocycles. The van der Waals surface area contributed by atoms with Crippen LogP contribution in [0, 0.1) is 11.7 Å². The minimum Gasteiger partial charge on any atom is -0.331 e. The lowest BCUT2D eigenvalue weighted by Gasteiger charge is -2.08. The number of aromatic amines is 1. The van der Waals surface area contributed by atoms with Crippen molar-refractivity contribution in [2.75, 3.05) is 0 Å². The second-order valence-electron chi connectivity index (χ2n) is 4.29. The number of fused-ring (bicyclic) bond motifs is 1. The summed E-state index contributed by atoms with van der Waals surface area (Å²) < 4.78 is 2.73. The van der Waals surface area contributed by atoms with Gasteiger partial charge in [-0.2, -0.15) is 0 Å². The number of rotatable bonds is 2. The van der Waals surface area contributed by atoms with Crippen molar-refractivity contribution in [1.82, 2.24) is 14.5 Å². The van der Waals surface area contributed by atoms with E-state index in [4.69, 9.17) is 12.2 Å². The van der Waals surface area contributed by atoms with Crippen molar-refractivity contribution >= 4 is 33.8 Å². The Morgan fingerprint density at radius 1 is 1.47 bits per heavy atom. The summed E-state index contributed by atoms with van der Waals surface area (Å²) in [7, 11) is 0. The van der Waals surface area contributed by atoms with Crippen LogP contribution in [0.25, 0.3) is 10.2 Å². The molecule has 3 aromatic heterocycles. The monoisotopic (exact) mass is 289 g/mol. The lowest BCUT2D eigenvalue weighted by atomic mass is 10.1. The van der Waals surface area contributed by atoms with Crippen LogP contribution in [0.2, 0.25) is 0 Å². The number of hydrogen-bond acceptors (Lipinski definition) is 4. The van der Waals surface area contributed by atoms with Gasteiger partial charge in [-0.05, 0) is 47.8 Å². The molecule has 4 nitrogen and oxygen atoms in total. The fourth-order valence-electron chi connectivity index (χ4n) is 1.95. The van der Waals surface area contributed by atoms with Crippen molar-refractivity contribution in [3.63, 3.8) is 0 Å². The Balaban J connectivity index is 2.18. The lowest BCUT2D eigenvalue weighted by Crippen LogP contribution is -2.22. The van der Waals surface area contributed by atoms with Gasteiger partial charge in [0.05, 0.1) is 12.1 Å². The Morgan fingerprint density at radius 2 is 2.32 bits per heavy atom. The van der Waals surface area contributed by atoms with Gasteiger partial charge in [0, 0.05) is 12.4 Å². The third-order valence-electron chi connectivity index (χ3n) is 3.07. The largest absolute Gasteiger partial charge is 0.331 e. The van der Waals surface area contributed by atoms with E-state index in [0.29, 0.717) is 16.0 Å². The summed E-state index contributed by atoms with van der Waals surface area (Å²) in [6.07, 6.45) is 3.51. The zero-order valence-corrected chi connectivity index (χ0v) is 11.8. The zero-order chi connectivity index (χ0) is 13.4. The molecule has 3 aromatic rings. The van der Waals surface area contributed by atoms with Crippen LogP contribution in [0.3, 0.4) is 0 Å². The highest BCUT2D eigenvalue weighted by Gasteiger charge is 2.08. The molecule has 0 saturated heterocycles. The first-order valence-corrected chi connectivity index (χ1v) is 7.05. The second kappa shape index (κ2) is 4.71. The second-order valence-corrected chi connectivity index (χ2v) is 5.59. The molecule has 0 radical (unpaired) electrons. The number of pyridine rings is 1. The number of nitrogens with one attached hydrogen (secondary N) is 1. The first-order valence-electron chi connectivity index (χ1n) is 5.76. The van der Waals surface area contributed by atoms with Gasteiger partial charge in [0.2, 0.25) is 0 Å². The summed E-state index contributed by atoms with van der Waals surface area (Å²) in [5, 5.41) is 1.89. The van der Waals surface area contributed by atoms with Crippen molar-refractivity contribution in [3.05, 3.63) is 56.2 Å². The third kappa shape index (κ3) is 2.13. The molecule has 6 heteroatoms. The maximum absolute atomic E-state index is 12.4. The molecular weight excluding hydrogens is 278 g/mol. The predicted molar refractivity (Wildman–Crippen MR) is 79.3 cm³/mol. The SMILES string of the molecule is Cc1ccncc1Cn1c(=S)[nH]c2ccsc2c1=O. The fourth-order valence-corrected chi connectivity index (χ4v) is 3.00. The van der Waals surface area contributed by atoms with E-state index in [1.807, 2.05) is 24.4 Å². The first kappa shape index (κ1) is 12.3. The quantitative estimate of drug-likeness (QED) is 0.738. The molecular formula is C13H11N3OS2. The number of nitrogens with zero attached hydrogens (tertiary/aromatic N) is 2. The molecule has 0 aliphatic carbocycles. The summed E-state index contributed by atoms with van der Waals surface area (Å²) in [6.45, 7) is 2.44. The highest BCUT2D eigenvalue weighted by molar-refractivity contribution is 7.71. The molecule has 96 valence electrons. The van der Waals surface area contributed by atoms with Gasteiger partial charge in [-0.15, -0.1) is 11.3 Å². The van der Waals surface area contributed by atoms with Crippen molar-refractivity contribution in [2.45, 2.75) is 13.5 Å². The molecule has 0 saturated carbocycles. The summed E-state index contributed by atoms with van der Waals surface area (Å²) >= 11 is 6.69. The Labute approximate surface area is 118 Å². The van der Waals surface area contributed by atoms with Crippen molar-refractivity contribution in [2.24, 2.45) is 0 Å². The molecule has 0 aliphatic rings. The van der Waals surface area contributed by atoms with Crippen molar-refractivity contribution < 1.29 is 0 Å². The van der Waals surface area contributed by atoms with Crippen molar-refractivity contribution in [1.29, 1.82) is 0 Å². The predicted octanol–water partition coefficient (Wildman–Crippen LogP) is 2.87. The van der Waals surface area contributed by atoms with E-state index in [2.05, 4.69) is 9.97 Å². The Bertz CT molecular complexity index is 860. The van der Waals surface area contributed by atoms with Crippen LogP contribution in [-0.2, 0) is 6.54 Å². The number of H-pyrrole nitrogens is 1. The van der Waals surface area contributed by atoms with Crippen LogP contribution in [0.4, 0.5) is 0 Å². The number of thiophene rings is 1. The van der Waals surface area contributed by atoms with E-state index >= 15 is 0 Å². The molecule has 0 atom stereocenters. The Morgan fingerprint density at radius 3 is 3.11 bits per heavy atom. The van der Waals surface area contributed by atoms with Gasteiger partial charge in [-0.3, -0.25) is 14.3 Å². The maximum atomic E-state index is 12.4. The minimum atomic E-state index is -0.0444. The summed E-state index contributed by atoms with van der Waals surface area (Å²) in [5.74, 6) is 0. The molecule has 3 heterocycles. The van der Waals surface area contributed by atoms with E-state index in [9.17, 15) is 4.79 Å². The van der Waals surface area contributed by atoms with Crippen LogP contribution in [-0.4, -0.2) is 14.5 Å². The molecule has 0 fully saturated rings. The van der Waals surface area contributed by atoms with E-state index in [-0.39, 0.29) is 5.56 Å². The van der Waals surface area contributed by atoms with Crippen LogP contribution in [0.5, 0.6) is 0 Å². The highest BCUT2D eigenvalue weighted by Crippen LogP contribution is 2.15. The normalized spacial score (nSPS) is 11.0. The van der Waals surface area contributed by atoms with E-state index in [0.717, 1.165) is 16.6 Å². The Hall–Kier alpha value is -1.79. The topological polar surface area (TPSA) is 50.7 Å². The minimum absolute atomic E-state index is 0.0444. The molecule has 3 rings (SSSR count). The van der Waals surface area contributed by atoms with E-state index in [1.165, 1.54) is 11.3 Å².